The second-order valence-corrected chi connectivity index (χ2v) is 8.87. The van der Waals surface area contributed by atoms with E-state index in [-0.39, 0.29) is 25.3 Å². The van der Waals surface area contributed by atoms with Crippen LogP contribution in [0.15, 0.2) is 42.5 Å². The van der Waals surface area contributed by atoms with Crippen LogP contribution in [-0.4, -0.2) is 77.7 Å². The number of H-pyrrole nitrogens is 1. The highest BCUT2D eigenvalue weighted by Crippen LogP contribution is 2.39. The Labute approximate surface area is 201 Å². The molecule has 0 spiro atoms. The molecule has 0 saturated carbocycles. The summed E-state index contributed by atoms with van der Waals surface area (Å²) < 4.78 is 11.0. The molecule has 182 valence electrons. The van der Waals surface area contributed by atoms with Crippen molar-refractivity contribution in [3.05, 3.63) is 59.3 Å². The molecule has 2 aliphatic rings. The van der Waals surface area contributed by atoms with Crippen LogP contribution < -0.4 is 14.8 Å². The van der Waals surface area contributed by atoms with E-state index < -0.39 is 24.5 Å². The van der Waals surface area contributed by atoms with Crippen LogP contribution in [0.2, 0.25) is 0 Å². The maximum absolute atomic E-state index is 13.4. The maximum atomic E-state index is 13.4. The first-order chi connectivity index (χ1) is 16.8. The fourth-order valence-corrected chi connectivity index (χ4v) is 4.71. The van der Waals surface area contributed by atoms with Crippen molar-refractivity contribution in [1.82, 2.24) is 20.1 Å². The van der Waals surface area contributed by atoms with E-state index in [0.29, 0.717) is 17.9 Å². The Morgan fingerprint density at radius 3 is 2.60 bits per heavy atom. The number of aromatic nitrogens is 1. The Hall–Kier alpha value is -4.05. The number of aliphatic carboxylic acids is 1. The minimum Gasteiger partial charge on any atom is -0.480 e. The Kier molecular flexibility index (Phi) is 5.81. The number of carboxylic acids is 1. The minimum absolute atomic E-state index is 0.171. The highest BCUT2D eigenvalue weighted by Gasteiger charge is 2.36. The molecular formula is C25H26N4O6. The van der Waals surface area contributed by atoms with Gasteiger partial charge in [0, 0.05) is 30.7 Å². The standard InChI is InChI=1S/C25H26N4O6/c1-28(12-22(31)32)21(30)11-29(2)25(33)18-10-16-15-5-3-4-6-17(15)26-24(16)23(27-18)14-7-8-19-20(9-14)35-13-34-19/h3-9,18,23,26-27H,10-13H2,1-2H3,(H,31,32)/t18-,23-/m1/s1. The first-order valence-corrected chi connectivity index (χ1v) is 11.3. The molecule has 2 amide bonds. The summed E-state index contributed by atoms with van der Waals surface area (Å²) in [5, 5.41) is 13.4. The number of likely N-dealkylation sites (N-methyl/N-ethyl adjacent to an activating group) is 2. The lowest BCUT2D eigenvalue weighted by atomic mass is 9.89. The lowest BCUT2D eigenvalue weighted by Crippen LogP contribution is -2.52. The number of para-hydroxylation sites is 1. The fourth-order valence-electron chi connectivity index (χ4n) is 4.71. The molecule has 35 heavy (non-hydrogen) atoms. The van der Waals surface area contributed by atoms with Crippen molar-refractivity contribution in [2.45, 2.75) is 18.5 Å². The van der Waals surface area contributed by atoms with Crippen LogP contribution in [0.5, 0.6) is 11.5 Å². The molecule has 5 rings (SSSR count). The van der Waals surface area contributed by atoms with Gasteiger partial charge in [0.05, 0.1) is 18.6 Å². The Morgan fingerprint density at radius 2 is 1.80 bits per heavy atom. The Bertz CT molecular complexity index is 1320. The van der Waals surface area contributed by atoms with E-state index in [2.05, 4.69) is 10.3 Å². The quantitative estimate of drug-likeness (QED) is 0.491. The average Bonchev–Trinajstić information content (AvgIpc) is 3.46. The number of amides is 2. The van der Waals surface area contributed by atoms with Crippen LogP contribution >= 0.6 is 0 Å². The van der Waals surface area contributed by atoms with Gasteiger partial charge in [-0.2, -0.15) is 0 Å². The van der Waals surface area contributed by atoms with Gasteiger partial charge in [0.2, 0.25) is 18.6 Å². The molecule has 3 heterocycles. The van der Waals surface area contributed by atoms with Gasteiger partial charge >= 0.3 is 5.97 Å². The highest BCUT2D eigenvalue weighted by molar-refractivity contribution is 5.91. The second kappa shape index (κ2) is 8.95. The van der Waals surface area contributed by atoms with Crippen LogP contribution in [0.4, 0.5) is 0 Å². The molecule has 2 aliphatic heterocycles. The summed E-state index contributed by atoms with van der Waals surface area (Å²) in [4.78, 5) is 42.7. The number of ether oxygens (including phenoxy) is 2. The predicted octanol–water partition coefficient (Wildman–Crippen LogP) is 1.50. The molecular weight excluding hydrogens is 452 g/mol. The molecule has 3 N–H and O–H groups in total. The van der Waals surface area contributed by atoms with Gasteiger partial charge in [0.1, 0.15) is 6.54 Å². The molecule has 0 saturated heterocycles. The molecule has 0 radical (unpaired) electrons. The molecule has 2 atom stereocenters. The molecule has 1 aromatic heterocycles. The summed E-state index contributed by atoms with van der Waals surface area (Å²) in [5.74, 6) is -0.470. The van der Waals surface area contributed by atoms with Crippen molar-refractivity contribution >= 4 is 28.7 Å². The summed E-state index contributed by atoms with van der Waals surface area (Å²) in [6.45, 7) is -0.464. The van der Waals surface area contributed by atoms with Crippen LogP contribution in [0.1, 0.15) is 22.9 Å². The van der Waals surface area contributed by atoms with Crippen LogP contribution in [0.3, 0.4) is 0 Å². The van der Waals surface area contributed by atoms with Crippen LogP contribution in [0.25, 0.3) is 10.9 Å². The molecule has 3 aromatic rings. The lowest BCUT2D eigenvalue weighted by molar-refractivity contribution is -0.145. The normalized spacial score (nSPS) is 18.2. The SMILES string of the molecule is CN(CC(=O)O)C(=O)CN(C)C(=O)[C@H]1Cc2c([nH]c3ccccc23)[C@@H](c2ccc3c(c2)OCO3)N1. The van der Waals surface area contributed by atoms with Crippen molar-refractivity contribution < 1.29 is 29.0 Å². The third-order valence-electron chi connectivity index (χ3n) is 6.49. The molecule has 10 heteroatoms. The number of carbonyl (C=O) groups is 3. The monoisotopic (exact) mass is 478 g/mol. The number of aromatic amines is 1. The summed E-state index contributed by atoms with van der Waals surface area (Å²) in [5.41, 5.74) is 3.92. The van der Waals surface area contributed by atoms with Crippen molar-refractivity contribution in [1.29, 1.82) is 0 Å². The molecule has 10 nitrogen and oxygen atoms in total. The van der Waals surface area contributed by atoms with E-state index in [4.69, 9.17) is 14.6 Å². The molecule has 0 aliphatic carbocycles. The largest absolute Gasteiger partial charge is 0.480 e. The number of nitrogens with zero attached hydrogens (tertiary/aromatic N) is 2. The van der Waals surface area contributed by atoms with Gasteiger partial charge in [0.25, 0.3) is 0 Å². The molecule has 2 aromatic carbocycles. The van der Waals surface area contributed by atoms with Gasteiger partial charge in [-0.3, -0.25) is 19.7 Å². The second-order valence-electron chi connectivity index (χ2n) is 8.87. The van der Waals surface area contributed by atoms with Gasteiger partial charge in [0.15, 0.2) is 11.5 Å². The summed E-state index contributed by atoms with van der Waals surface area (Å²) in [6, 6.07) is 12.8. The average molecular weight is 479 g/mol. The number of benzene rings is 2. The summed E-state index contributed by atoms with van der Waals surface area (Å²) in [7, 11) is 2.96. The third-order valence-corrected chi connectivity index (χ3v) is 6.49. The Balaban J connectivity index is 1.44. The van der Waals surface area contributed by atoms with Crippen LogP contribution in [-0.2, 0) is 20.8 Å². The minimum atomic E-state index is -1.11. The maximum Gasteiger partial charge on any atom is 0.323 e. The zero-order valence-corrected chi connectivity index (χ0v) is 19.4. The highest BCUT2D eigenvalue weighted by atomic mass is 16.7. The summed E-state index contributed by atoms with van der Waals surface area (Å²) in [6.07, 6.45) is 0.447. The molecule has 0 bridgehead atoms. The molecule has 0 unspecified atom stereocenters. The Morgan fingerprint density at radius 1 is 1.03 bits per heavy atom. The van der Waals surface area contributed by atoms with Crippen molar-refractivity contribution in [3.63, 3.8) is 0 Å². The predicted molar refractivity (Wildman–Crippen MR) is 126 cm³/mol. The fraction of sp³-hybridized carbons (Fsp3) is 0.320. The number of carboxylic acid groups (broad SMARTS) is 1. The number of rotatable bonds is 6. The number of carbonyl (C=O) groups excluding carboxylic acids is 2. The van der Waals surface area contributed by atoms with E-state index in [9.17, 15) is 14.4 Å². The van der Waals surface area contributed by atoms with Crippen molar-refractivity contribution in [2.75, 3.05) is 34.0 Å². The van der Waals surface area contributed by atoms with Crippen LogP contribution in [0, 0.1) is 0 Å². The zero-order chi connectivity index (χ0) is 24.7. The van der Waals surface area contributed by atoms with Crippen molar-refractivity contribution in [2.24, 2.45) is 0 Å². The number of hydrogen-bond donors (Lipinski definition) is 3. The first-order valence-electron chi connectivity index (χ1n) is 11.3. The first kappa shape index (κ1) is 22.7. The van der Waals surface area contributed by atoms with E-state index in [0.717, 1.165) is 32.6 Å². The smallest absolute Gasteiger partial charge is 0.323 e. The van der Waals surface area contributed by atoms with Gasteiger partial charge in [-0.05, 0) is 35.7 Å². The van der Waals surface area contributed by atoms with E-state index in [1.54, 1.807) is 7.05 Å². The van der Waals surface area contributed by atoms with Gasteiger partial charge in [-0.25, -0.2) is 0 Å². The molecule has 0 fully saturated rings. The van der Waals surface area contributed by atoms with Gasteiger partial charge in [-0.15, -0.1) is 0 Å². The van der Waals surface area contributed by atoms with Gasteiger partial charge < -0.3 is 29.4 Å². The van der Waals surface area contributed by atoms with E-state index in [1.807, 2.05) is 42.5 Å². The zero-order valence-electron chi connectivity index (χ0n) is 19.4. The number of hydrogen-bond acceptors (Lipinski definition) is 6. The lowest BCUT2D eigenvalue weighted by Gasteiger charge is -2.33. The summed E-state index contributed by atoms with van der Waals surface area (Å²) >= 11 is 0. The number of nitrogens with one attached hydrogen (secondary N) is 2. The van der Waals surface area contributed by atoms with E-state index >= 15 is 0 Å². The van der Waals surface area contributed by atoms with Gasteiger partial charge in [-0.1, -0.05) is 24.3 Å². The number of fused-ring (bicyclic) bond motifs is 4. The van der Waals surface area contributed by atoms with Crippen molar-refractivity contribution in [3.8, 4) is 11.5 Å². The topological polar surface area (TPSA) is 124 Å². The van der Waals surface area contributed by atoms with E-state index in [1.165, 1.54) is 11.9 Å². The third kappa shape index (κ3) is 4.28.